The minimum atomic E-state index is -3.85. The first-order chi connectivity index (χ1) is 13.6. The van der Waals surface area contributed by atoms with E-state index in [0.29, 0.717) is 50.7 Å². The maximum atomic E-state index is 13.4. The number of nitrogens with zero attached hydrogens (tertiary/aromatic N) is 1. The summed E-state index contributed by atoms with van der Waals surface area (Å²) in [6.45, 7) is 7.90. The molecule has 0 amide bonds. The molecule has 1 aromatic carbocycles. The first-order valence-corrected chi connectivity index (χ1v) is 11.4. The van der Waals surface area contributed by atoms with E-state index >= 15 is 0 Å². The molecule has 1 fully saturated rings. The van der Waals surface area contributed by atoms with Crippen LogP contribution < -0.4 is 0 Å². The second kappa shape index (κ2) is 9.82. The van der Waals surface area contributed by atoms with Crippen LogP contribution in [0.4, 0.5) is 0 Å². The third kappa shape index (κ3) is 6.35. The van der Waals surface area contributed by atoms with Crippen molar-refractivity contribution in [2.75, 3.05) is 19.8 Å². The number of sulfonamides is 1. The van der Waals surface area contributed by atoms with Crippen LogP contribution in [0.25, 0.3) is 0 Å². The van der Waals surface area contributed by atoms with Gasteiger partial charge in [-0.2, -0.15) is 4.31 Å². The van der Waals surface area contributed by atoms with E-state index in [4.69, 9.17) is 9.47 Å². The first kappa shape index (κ1) is 23.5. The molecule has 1 aromatic rings. The Kier molecular flexibility index (Phi) is 7.96. The van der Waals surface area contributed by atoms with E-state index in [-0.39, 0.29) is 11.5 Å². The SMILES string of the molecule is Cc1ccc(S(=O)(=O)N2CCC[C@H]2C(=O)OC(C)(C)C)c(CCCOCC=O)c1. The van der Waals surface area contributed by atoms with E-state index in [1.807, 2.05) is 13.0 Å². The Morgan fingerprint density at radius 3 is 2.69 bits per heavy atom. The number of carbonyl (C=O) groups excluding carboxylic acids is 2. The summed E-state index contributed by atoms with van der Waals surface area (Å²) in [4.78, 5) is 23.1. The van der Waals surface area contributed by atoms with Crippen LogP contribution in [0.1, 0.15) is 51.2 Å². The normalized spacial score (nSPS) is 18.0. The number of benzene rings is 1. The second-order valence-corrected chi connectivity index (χ2v) is 10.1. The van der Waals surface area contributed by atoms with Gasteiger partial charge in [0, 0.05) is 13.2 Å². The number of aldehydes is 1. The summed E-state index contributed by atoms with van der Waals surface area (Å²) < 4.78 is 38.7. The fourth-order valence-electron chi connectivity index (χ4n) is 3.41. The van der Waals surface area contributed by atoms with Gasteiger partial charge >= 0.3 is 5.97 Å². The molecule has 0 aliphatic carbocycles. The molecular weight excluding hydrogens is 394 g/mol. The van der Waals surface area contributed by atoms with Crippen molar-refractivity contribution in [2.24, 2.45) is 0 Å². The Balaban J connectivity index is 2.25. The van der Waals surface area contributed by atoms with Crippen molar-refractivity contribution in [2.45, 2.75) is 69.9 Å². The maximum absolute atomic E-state index is 13.4. The van der Waals surface area contributed by atoms with Gasteiger partial charge in [0.15, 0.2) is 0 Å². The van der Waals surface area contributed by atoms with Crippen molar-refractivity contribution in [3.8, 4) is 0 Å². The molecule has 0 spiro atoms. The Morgan fingerprint density at radius 1 is 1.31 bits per heavy atom. The number of esters is 1. The molecule has 0 radical (unpaired) electrons. The van der Waals surface area contributed by atoms with Crippen LogP contribution in [0.5, 0.6) is 0 Å². The summed E-state index contributed by atoms with van der Waals surface area (Å²) in [5.74, 6) is -0.505. The standard InChI is InChI=1S/C21H31NO6S/c1-16-9-10-19(17(15-16)7-6-13-27-14-12-23)29(25,26)22-11-5-8-18(22)20(24)28-21(2,3)4/h9-10,12,15,18H,5-8,11,13-14H2,1-4H3/t18-/m0/s1. The molecule has 1 aliphatic rings. The molecule has 0 bridgehead atoms. The van der Waals surface area contributed by atoms with Gasteiger partial charge < -0.3 is 14.3 Å². The molecule has 1 saturated heterocycles. The van der Waals surface area contributed by atoms with Crippen LogP contribution in [-0.4, -0.2) is 56.4 Å². The number of hydrogen-bond acceptors (Lipinski definition) is 6. The summed E-state index contributed by atoms with van der Waals surface area (Å²) in [6, 6.07) is 4.42. The largest absolute Gasteiger partial charge is 0.459 e. The van der Waals surface area contributed by atoms with Crippen molar-refractivity contribution in [3.63, 3.8) is 0 Å². The quantitative estimate of drug-likeness (QED) is 0.343. The van der Waals surface area contributed by atoms with Crippen LogP contribution in [-0.2, 0) is 35.5 Å². The molecule has 0 saturated carbocycles. The zero-order valence-corrected chi connectivity index (χ0v) is 18.5. The highest BCUT2D eigenvalue weighted by Crippen LogP contribution is 2.30. The second-order valence-electron chi connectivity index (χ2n) is 8.26. The third-order valence-electron chi connectivity index (χ3n) is 4.61. The molecule has 162 valence electrons. The predicted molar refractivity (Wildman–Crippen MR) is 109 cm³/mol. The van der Waals surface area contributed by atoms with Gasteiger partial charge in [0.25, 0.3) is 0 Å². The highest BCUT2D eigenvalue weighted by atomic mass is 32.2. The van der Waals surface area contributed by atoms with Crippen LogP contribution in [0.3, 0.4) is 0 Å². The first-order valence-electron chi connectivity index (χ1n) is 9.92. The minimum Gasteiger partial charge on any atom is -0.459 e. The Bertz CT molecular complexity index is 828. The van der Waals surface area contributed by atoms with Crippen molar-refractivity contribution >= 4 is 22.3 Å². The lowest BCUT2D eigenvalue weighted by atomic mass is 10.1. The van der Waals surface area contributed by atoms with Gasteiger partial charge in [0.05, 0.1) is 4.90 Å². The van der Waals surface area contributed by atoms with Gasteiger partial charge in [-0.15, -0.1) is 0 Å². The molecule has 0 aromatic heterocycles. The Morgan fingerprint density at radius 2 is 2.03 bits per heavy atom. The summed E-state index contributed by atoms with van der Waals surface area (Å²) in [7, 11) is -3.85. The Labute approximate surface area is 173 Å². The Hall–Kier alpha value is -1.77. The lowest BCUT2D eigenvalue weighted by molar-refractivity contribution is -0.158. The molecular formula is C21H31NO6S. The minimum absolute atomic E-state index is 0.0321. The highest BCUT2D eigenvalue weighted by molar-refractivity contribution is 7.89. The molecule has 29 heavy (non-hydrogen) atoms. The monoisotopic (exact) mass is 425 g/mol. The van der Waals surface area contributed by atoms with Crippen molar-refractivity contribution < 1.29 is 27.5 Å². The van der Waals surface area contributed by atoms with E-state index in [0.717, 1.165) is 5.56 Å². The van der Waals surface area contributed by atoms with E-state index in [9.17, 15) is 18.0 Å². The summed E-state index contributed by atoms with van der Waals surface area (Å²) in [5.41, 5.74) is 0.971. The number of ether oxygens (including phenoxy) is 2. The molecule has 2 rings (SSSR count). The van der Waals surface area contributed by atoms with E-state index in [1.54, 1.807) is 32.9 Å². The van der Waals surface area contributed by atoms with Gasteiger partial charge in [0.1, 0.15) is 24.5 Å². The van der Waals surface area contributed by atoms with E-state index < -0.39 is 27.6 Å². The van der Waals surface area contributed by atoms with Crippen LogP contribution in [0.2, 0.25) is 0 Å². The van der Waals surface area contributed by atoms with Gasteiger partial charge in [-0.25, -0.2) is 8.42 Å². The molecule has 1 aliphatic heterocycles. The average Bonchev–Trinajstić information content (AvgIpc) is 3.11. The fraction of sp³-hybridized carbons (Fsp3) is 0.619. The van der Waals surface area contributed by atoms with Crippen molar-refractivity contribution in [1.29, 1.82) is 0 Å². The molecule has 1 heterocycles. The summed E-state index contributed by atoms with van der Waals surface area (Å²) in [6.07, 6.45) is 2.85. The maximum Gasteiger partial charge on any atom is 0.324 e. The fourth-order valence-corrected chi connectivity index (χ4v) is 5.29. The van der Waals surface area contributed by atoms with Gasteiger partial charge in [-0.1, -0.05) is 17.7 Å². The number of carbonyl (C=O) groups is 2. The number of aryl methyl sites for hydroxylation is 2. The number of rotatable bonds is 9. The third-order valence-corrected chi connectivity index (χ3v) is 6.61. The van der Waals surface area contributed by atoms with Gasteiger partial charge in [0.2, 0.25) is 10.0 Å². The zero-order chi connectivity index (χ0) is 21.7. The predicted octanol–water partition coefficient (Wildman–Crippen LogP) is 2.64. The smallest absolute Gasteiger partial charge is 0.324 e. The van der Waals surface area contributed by atoms with E-state index in [1.165, 1.54) is 4.31 Å². The molecule has 1 atom stereocenters. The van der Waals surface area contributed by atoms with Crippen LogP contribution >= 0.6 is 0 Å². The lowest BCUT2D eigenvalue weighted by Gasteiger charge is -2.27. The molecule has 7 nitrogen and oxygen atoms in total. The van der Waals surface area contributed by atoms with Gasteiger partial charge in [-0.3, -0.25) is 4.79 Å². The molecule has 0 N–H and O–H groups in total. The zero-order valence-electron chi connectivity index (χ0n) is 17.6. The summed E-state index contributed by atoms with van der Waals surface area (Å²) in [5, 5.41) is 0. The van der Waals surface area contributed by atoms with Crippen molar-refractivity contribution in [3.05, 3.63) is 29.3 Å². The van der Waals surface area contributed by atoms with Crippen LogP contribution in [0, 0.1) is 6.92 Å². The van der Waals surface area contributed by atoms with Crippen LogP contribution in [0.15, 0.2) is 23.1 Å². The average molecular weight is 426 g/mol. The van der Waals surface area contributed by atoms with E-state index in [2.05, 4.69) is 0 Å². The topological polar surface area (TPSA) is 90.0 Å². The molecule has 0 unspecified atom stereocenters. The highest BCUT2D eigenvalue weighted by Gasteiger charge is 2.42. The van der Waals surface area contributed by atoms with Gasteiger partial charge in [-0.05, 0) is 65.0 Å². The molecule has 8 heteroatoms. The lowest BCUT2D eigenvalue weighted by Crippen LogP contribution is -2.43. The number of hydrogen-bond donors (Lipinski definition) is 0. The summed E-state index contributed by atoms with van der Waals surface area (Å²) >= 11 is 0. The van der Waals surface area contributed by atoms with Crippen molar-refractivity contribution in [1.82, 2.24) is 4.31 Å².